The highest BCUT2D eigenvalue weighted by Crippen LogP contribution is 2.33. The number of rotatable bonds is 7. The molecule has 4 rings (SSSR count). The Bertz CT molecular complexity index is 1120. The quantitative estimate of drug-likeness (QED) is 0.402. The highest BCUT2D eigenvalue weighted by Gasteiger charge is 2.12. The van der Waals surface area contributed by atoms with Crippen molar-refractivity contribution in [1.82, 2.24) is 20.7 Å². The number of hydrogen-bond acceptors (Lipinski definition) is 5. The number of halogens is 1. The van der Waals surface area contributed by atoms with E-state index in [1.165, 1.54) is 39.4 Å². The molecule has 0 aliphatic heterocycles. The molecule has 2 heterocycles. The molecule has 3 N–H and O–H groups in total. The lowest BCUT2D eigenvalue weighted by Crippen LogP contribution is -2.17. The molecule has 0 fully saturated rings. The summed E-state index contributed by atoms with van der Waals surface area (Å²) in [6.45, 7) is 3.59. The van der Waals surface area contributed by atoms with Crippen LogP contribution in [0.25, 0.3) is 10.1 Å². The number of carbonyl (C=O) groups is 1. The molecule has 2 aromatic heterocycles. The van der Waals surface area contributed by atoms with Crippen molar-refractivity contribution in [1.29, 1.82) is 0 Å². The molecule has 0 spiro atoms. The van der Waals surface area contributed by atoms with Gasteiger partial charge in [0, 0.05) is 27.4 Å². The van der Waals surface area contributed by atoms with E-state index in [2.05, 4.69) is 33.0 Å². The number of amides is 1. The smallest absolute Gasteiger partial charge is 0.255 e. The second-order valence-corrected chi connectivity index (χ2v) is 7.95. The van der Waals surface area contributed by atoms with Crippen LogP contribution in [0.5, 0.6) is 0 Å². The first kappa shape index (κ1) is 19.2. The van der Waals surface area contributed by atoms with Crippen LogP contribution in [0.3, 0.4) is 0 Å². The Morgan fingerprint density at radius 1 is 1.21 bits per heavy atom. The van der Waals surface area contributed by atoms with Gasteiger partial charge in [-0.3, -0.25) is 4.79 Å². The van der Waals surface area contributed by atoms with Gasteiger partial charge >= 0.3 is 0 Å². The molecule has 0 aliphatic carbocycles. The Labute approximate surface area is 171 Å². The maximum absolute atomic E-state index is 13.1. The summed E-state index contributed by atoms with van der Waals surface area (Å²) >= 11 is 1.75. The van der Waals surface area contributed by atoms with E-state index in [0.29, 0.717) is 12.1 Å². The van der Waals surface area contributed by atoms with Gasteiger partial charge < -0.3 is 10.6 Å². The number of nitrogens with zero attached hydrogens (tertiary/aromatic N) is 2. The van der Waals surface area contributed by atoms with Crippen molar-refractivity contribution in [2.75, 3.05) is 11.9 Å². The van der Waals surface area contributed by atoms with Crippen molar-refractivity contribution in [3.8, 4) is 0 Å². The van der Waals surface area contributed by atoms with Crippen molar-refractivity contribution in [3.05, 3.63) is 76.2 Å². The first-order valence-corrected chi connectivity index (χ1v) is 10.1. The summed E-state index contributed by atoms with van der Waals surface area (Å²) in [5, 5.41) is 17.8. The zero-order valence-electron chi connectivity index (χ0n) is 15.8. The van der Waals surface area contributed by atoms with Crippen molar-refractivity contribution in [2.24, 2.45) is 0 Å². The van der Waals surface area contributed by atoms with E-state index in [1.54, 1.807) is 17.5 Å². The number of hydrogen-bond donors (Lipinski definition) is 3. The Morgan fingerprint density at radius 2 is 2.03 bits per heavy atom. The largest absolute Gasteiger partial charge is 0.322 e. The third kappa shape index (κ3) is 4.49. The monoisotopic (exact) mass is 409 g/mol. The van der Waals surface area contributed by atoms with Gasteiger partial charge in [-0.1, -0.05) is 0 Å². The molecule has 0 saturated carbocycles. The number of thiophene rings is 1. The summed E-state index contributed by atoms with van der Waals surface area (Å²) in [6, 6.07) is 11.4. The first-order valence-electron chi connectivity index (χ1n) is 9.24. The molecular formula is C21H20FN5OS. The number of benzene rings is 2. The van der Waals surface area contributed by atoms with E-state index < -0.39 is 0 Å². The second kappa shape index (κ2) is 8.50. The standard InChI is InChI=1S/C21H20FN5OS/c1-13-18(8-9-23-11-17-12-24-27-26-17)19-10-16(6-7-20(19)29-13)25-21(28)14-2-4-15(22)5-3-14/h2-7,10,12,23H,8-9,11H2,1H3,(H,25,28)(H,24,26,27). The number of aryl methyl sites for hydroxylation is 1. The fourth-order valence-electron chi connectivity index (χ4n) is 3.20. The van der Waals surface area contributed by atoms with Crippen LogP contribution in [0.4, 0.5) is 10.1 Å². The summed E-state index contributed by atoms with van der Waals surface area (Å²) in [5.41, 5.74) is 3.30. The summed E-state index contributed by atoms with van der Waals surface area (Å²) in [4.78, 5) is 13.7. The lowest BCUT2D eigenvalue weighted by molar-refractivity contribution is 0.102. The minimum Gasteiger partial charge on any atom is -0.322 e. The molecule has 29 heavy (non-hydrogen) atoms. The predicted octanol–water partition coefficient (Wildman–Crippen LogP) is 4.05. The lowest BCUT2D eigenvalue weighted by atomic mass is 10.1. The van der Waals surface area contributed by atoms with Gasteiger partial charge in [0.25, 0.3) is 5.91 Å². The van der Waals surface area contributed by atoms with E-state index in [9.17, 15) is 9.18 Å². The number of H-pyrrole nitrogens is 1. The Morgan fingerprint density at radius 3 is 2.79 bits per heavy atom. The molecule has 0 aliphatic rings. The summed E-state index contributed by atoms with van der Waals surface area (Å²) in [7, 11) is 0. The van der Waals surface area contributed by atoms with E-state index in [-0.39, 0.29) is 11.7 Å². The predicted molar refractivity (Wildman–Crippen MR) is 113 cm³/mol. The van der Waals surface area contributed by atoms with Crippen LogP contribution in [0.2, 0.25) is 0 Å². The number of nitrogens with one attached hydrogen (secondary N) is 3. The van der Waals surface area contributed by atoms with Crippen LogP contribution in [-0.2, 0) is 13.0 Å². The lowest BCUT2D eigenvalue weighted by Gasteiger charge is -2.07. The molecule has 0 bridgehead atoms. The molecule has 0 unspecified atom stereocenters. The van der Waals surface area contributed by atoms with E-state index >= 15 is 0 Å². The molecule has 0 radical (unpaired) electrons. The van der Waals surface area contributed by atoms with Gasteiger partial charge in [-0.25, -0.2) is 4.39 Å². The minimum atomic E-state index is -0.362. The number of aromatic nitrogens is 3. The SMILES string of the molecule is Cc1sc2ccc(NC(=O)c3ccc(F)cc3)cc2c1CCNCc1cn[nH]n1. The van der Waals surface area contributed by atoms with Gasteiger partial charge in [0.2, 0.25) is 0 Å². The molecule has 8 heteroatoms. The third-order valence-corrected chi connectivity index (χ3v) is 5.81. The molecule has 6 nitrogen and oxygen atoms in total. The Hall–Kier alpha value is -3.10. The Kier molecular flexibility index (Phi) is 5.64. The summed E-state index contributed by atoms with van der Waals surface area (Å²) in [5.74, 6) is -0.620. The number of fused-ring (bicyclic) bond motifs is 1. The van der Waals surface area contributed by atoms with E-state index in [0.717, 1.165) is 29.7 Å². The van der Waals surface area contributed by atoms with Gasteiger partial charge in [0.1, 0.15) is 5.82 Å². The van der Waals surface area contributed by atoms with Gasteiger partial charge in [0.05, 0.1) is 11.9 Å². The zero-order chi connectivity index (χ0) is 20.2. The normalized spacial score (nSPS) is 11.1. The molecule has 1 amide bonds. The van der Waals surface area contributed by atoms with Crippen LogP contribution < -0.4 is 10.6 Å². The molecule has 2 aromatic carbocycles. The zero-order valence-corrected chi connectivity index (χ0v) is 16.6. The van der Waals surface area contributed by atoms with E-state index in [4.69, 9.17) is 0 Å². The van der Waals surface area contributed by atoms with Crippen LogP contribution in [0.1, 0.15) is 26.5 Å². The summed E-state index contributed by atoms with van der Waals surface area (Å²) < 4.78 is 14.3. The van der Waals surface area contributed by atoms with Gasteiger partial charge in [-0.2, -0.15) is 15.4 Å². The fraction of sp³-hybridized carbons (Fsp3) is 0.190. The number of carbonyl (C=O) groups excluding carboxylic acids is 1. The van der Waals surface area contributed by atoms with Crippen molar-refractivity contribution in [3.63, 3.8) is 0 Å². The molecule has 0 saturated heterocycles. The second-order valence-electron chi connectivity index (χ2n) is 6.70. The van der Waals surface area contributed by atoms with Crippen molar-refractivity contribution < 1.29 is 9.18 Å². The van der Waals surface area contributed by atoms with Gasteiger partial charge in [0.15, 0.2) is 0 Å². The highest BCUT2D eigenvalue weighted by atomic mass is 32.1. The highest BCUT2D eigenvalue weighted by molar-refractivity contribution is 7.19. The van der Waals surface area contributed by atoms with Gasteiger partial charge in [-0.05, 0) is 73.3 Å². The van der Waals surface area contributed by atoms with E-state index in [1.807, 2.05) is 18.2 Å². The molecular weight excluding hydrogens is 389 g/mol. The summed E-state index contributed by atoms with van der Waals surface area (Å²) in [6.07, 6.45) is 2.58. The maximum atomic E-state index is 13.1. The average molecular weight is 409 g/mol. The van der Waals surface area contributed by atoms with Crippen LogP contribution in [0, 0.1) is 12.7 Å². The minimum absolute atomic E-state index is 0.257. The van der Waals surface area contributed by atoms with Crippen molar-refractivity contribution >= 4 is 33.0 Å². The van der Waals surface area contributed by atoms with Crippen LogP contribution in [-0.4, -0.2) is 27.9 Å². The van der Waals surface area contributed by atoms with Crippen LogP contribution >= 0.6 is 11.3 Å². The Balaban J connectivity index is 1.46. The molecule has 0 atom stereocenters. The van der Waals surface area contributed by atoms with Gasteiger partial charge in [-0.15, -0.1) is 11.3 Å². The third-order valence-electron chi connectivity index (χ3n) is 4.68. The van der Waals surface area contributed by atoms with Crippen molar-refractivity contribution in [2.45, 2.75) is 19.9 Å². The fourth-order valence-corrected chi connectivity index (χ4v) is 4.30. The number of anilines is 1. The van der Waals surface area contributed by atoms with Crippen LogP contribution in [0.15, 0.2) is 48.7 Å². The average Bonchev–Trinajstić information content (AvgIpc) is 3.33. The first-order chi connectivity index (χ1) is 14.1. The topological polar surface area (TPSA) is 82.7 Å². The number of aromatic amines is 1. The molecule has 148 valence electrons. The maximum Gasteiger partial charge on any atom is 0.255 e. The molecule has 4 aromatic rings.